The Morgan fingerprint density at radius 2 is 1.77 bits per heavy atom. The second-order valence-corrected chi connectivity index (χ2v) is 16.1. The highest BCUT2D eigenvalue weighted by Gasteiger charge is 2.56. The molecule has 0 unspecified atom stereocenters. The lowest BCUT2D eigenvalue weighted by molar-refractivity contribution is -0.302. The first kappa shape index (κ1) is 42.0. The number of cyclic esters (lactones) is 1. The Labute approximate surface area is 312 Å². The van der Waals surface area contributed by atoms with Crippen molar-refractivity contribution in [3.63, 3.8) is 0 Å². The van der Waals surface area contributed by atoms with E-state index in [1.165, 1.54) is 30.5 Å². The number of piperidine rings is 1. The van der Waals surface area contributed by atoms with Crippen LogP contribution in [0.25, 0.3) is 6.08 Å². The third-order valence-corrected chi connectivity index (χ3v) is 11.9. The quantitative estimate of drug-likeness (QED) is 0.224. The zero-order valence-corrected chi connectivity index (χ0v) is 32.9. The number of aliphatic hydroxyl groups is 2. The number of rotatable bonds is 5. The number of Topliss-reactive ketones (excluding diaryl/α,β-unsaturated/α-hetero) is 2. The highest BCUT2D eigenvalue weighted by Crippen LogP contribution is 2.39. The van der Waals surface area contributed by atoms with Gasteiger partial charge in [-0.15, -0.1) is 0 Å². The van der Waals surface area contributed by atoms with Gasteiger partial charge in [0.15, 0.2) is 0 Å². The van der Waals surface area contributed by atoms with E-state index in [0.29, 0.717) is 37.7 Å². The van der Waals surface area contributed by atoms with Gasteiger partial charge >= 0.3 is 5.97 Å². The molecule has 4 rings (SSSR count). The van der Waals surface area contributed by atoms with Crippen LogP contribution in [-0.2, 0) is 38.1 Å². The fourth-order valence-corrected chi connectivity index (χ4v) is 8.70. The first-order valence-electron chi connectivity index (χ1n) is 18.7. The molecule has 2 saturated heterocycles. The van der Waals surface area contributed by atoms with E-state index in [1.54, 1.807) is 13.8 Å². The van der Waals surface area contributed by atoms with Gasteiger partial charge in [-0.05, 0) is 92.7 Å². The van der Waals surface area contributed by atoms with Crippen LogP contribution in [0.3, 0.4) is 0 Å². The maximum absolute atomic E-state index is 14.1. The number of methoxy groups -OCH3 is 2. The number of ether oxygens (including phenoxy) is 4. The maximum Gasteiger partial charge on any atom is 0.329 e. The number of nitrogens with zero attached hydrogens (tertiary/aromatic N) is 1. The van der Waals surface area contributed by atoms with Crippen molar-refractivity contribution in [1.82, 2.24) is 4.90 Å². The van der Waals surface area contributed by atoms with Gasteiger partial charge in [0.05, 0.1) is 18.3 Å². The van der Waals surface area contributed by atoms with Crippen LogP contribution in [0.1, 0.15) is 98.5 Å². The van der Waals surface area contributed by atoms with E-state index < -0.39 is 77.8 Å². The number of ketones is 2. The Morgan fingerprint density at radius 3 is 2.40 bits per heavy atom. The first-order chi connectivity index (χ1) is 24.6. The third kappa shape index (κ3) is 9.67. The van der Waals surface area contributed by atoms with Crippen molar-refractivity contribution in [2.45, 2.75) is 135 Å². The van der Waals surface area contributed by atoms with E-state index >= 15 is 0 Å². The Balaban J connectivity index is 1.77. The average molecular weight is 746 g/mol. The normalized spacial score (nSPS) is 37.8. The molecular weight excluding hydrogens is 687 g/mol. The zero-order valence-electron chi connectivity index (χ0n) is 32.0. The van der Waals surface area contributed by atoms with E-state index in [2.05, 4.69) is 6.92 Å². The number of fused-ring (bicyclic) bond motifs is 3. The van der Waals surface area contributed by atoms with Crippen molar-refractivity contribution in [2.75, 3.05) is 20.8 Å². The van der Waals surface area contributed by atoms with E-state index in [0.717, 1.165) is 11.1 Å². The number of esters is 1. The number of hydrogen-bond donors (Lipinski definition) is 2. The Hall–Kier alpha value is -2.74. The minimum absolute atomic E-state index is 0.0513. The molecule has 11 atom stereocenters. The summed E-state index contributed by atoms with van der Waals surface area (Å²) < 4.78 is 24.1. The average Bonchev–Trinajstić information content (AvgIpc) is 3.64. The maximum atomic E-state index is 14.1. The molecule has 0 radical (unpaired) electrons. The van der Waals surface area contributed by atoms with Crippen molar-refractivity contribution in [3.05, 3.63) is 39.6 Å². The van der Waals surface area contributed by atoms with Crippen LogP contribution in [0.4, 0.5) is 0 Å². The third-order valence-electron chi connectivity index (χ3n) is 11.2. The number of carbonyl (C=O) groups excluding carboxylic acids is 4. The first-order valence-corrected chi connectivity index (χ1v) is 19.7. The van der Waals surface area contributed by atoms with Gasteiger partial charge < -0.3 is 34.1 Å². The molecule has 1 amide bonds. The van der Waals surface area contributed by atoms with Gasteiger partial charge in [-0.25, -0.2) is 4.79 Å². The Bertz CT molecular complexity index is 1460. The number of amides is 1. The van der Waals surface area contributed by atoms with Crippen molar-refractivity contribution >= 4 is 40.9 Å². The van der Waals surface area contributed by atoms with E-state index in [1.807, 2.05) is 49.7 Å². The lowest BCUT2D eigenvalue weighted by atomic mass is 9.82. The van der Waals surface area contributed by atoms with Gasteiger partial charge in [0.1, 0.15) is 24.0 Å². The van der Waals surface area contributed by atoms with Gasteiger partial charge in [0.2, 0.25) is 5.79 Å². The van der Waals surface area contributed by atoms with Gasteiger partial charge in [-0.3, -0.25) is 14.4 Å². The smallest absolute Gasteiger partial charge is 0.329 e. The fraction of sp³-hybridized carbons (Fsp3) is 0.700. The summed E-state index contributed by atoms with van der Waals surface area (Å²) in [5, 5.41) is 27.3. The molecule has 0 aliphatic carbocycles. The largest absolute Gasteiger partial charge is 0.456 e. The van der Waals surface area contributed by atoms with Crippen LogP contribution in [-0.4, -0.2) is 102 Å². The van der Waals surface area contributed by atoms with E-state index in [4.69, 9.17) is 18.9 Å². The van der Waals surface area contributed by atoms with Crippen molar-refractivity contribution in [2.24, 2.45) is 23.7 Å². The monoisotopic (exact) mass is 745 g/mol. The molecular formula is C40H59NO10S. The van der Waals surface area contributed by atoms with Gasteiger partial charge in [-0.1, -0.05) is 45.4 Å². The van der Waals surface area contributed by atoms with E-state index in [9.17, 15) is 29.4 Å². The minimum atomic E-state index is -2.48. The standard InChI is InChI=1S/C40H59NO10S/c1-9-29-17-23(2)16-24(3)18-33(48-7)36-34(49-8)20-26(5)40(47,51-36)37(44)38(45)41-14-11-10-12-30(41)39(46)50-35(27(6)31(42)21-32(29)43)25(4)19-28-13-15-52-22-28/h13,15,17,19,22,24,26-27,29-31,33-36,42,47H,9-12,14,16,18,20-21H2,1-8H3/b23-17+,25-19+/t24-,26+,27+,29+,30-,31-,33-,34-,35+,36+,40+/m0/s1. The molecule has 3 aliphatic heterocycles. The number of carbonyl (C=O) groups is 4. The summed E-state index contributed by atoms with van der Waals surface area (Å²) in [6, 6.07) is 0.827. The molecule has 0 spiro atoms. The number of allylic oxidation sites excluding steroid dienone is 2. The summed E-state index contributed by atoms with van der Waals surface area (Å²) in [5.74, 6) is -7.31. The lowest BCUT2D eigenvalue weighted by Crippen LogP contribution is -2.64. The minimum Gasteiger partial charge on any atom is -0.456 e. The molecule has 2 N–H and O–H groups in total. The molecule has 4 heterocycles. The van der Waals surface area contributed by atoms with Crippen LogP contribution >= 0.6 is 11.3 Å². The van der Waals surface area contributed by atoms with Crippen LogP contribution in [0.5, 0.6) is 0 Å². The number of aliphatic hydroxyl groups excluding tert-OH is 1. The van der Waals surface area contributed by atoms with Crippen LogP contribution < -0.4 is 0 Å². The summed E-state index contributed by atoms with van der Waals surface area (Å²) >= 11 is 1.52. The summed E-state index contributed by atoms with van der Waals surface area (Å²) in [6.45, 7) is 11.3. The molecule has 0 aromatic carbocycles. The predicted molar refractivity (Wildman–Crippen MR) is 198 cm³/mol. The van der Waals surface area contributed by atoms with Gasteiger partial charge in [0, 0.05) is 44.9 Å². The van der Waals surface area contributed by atoms with Gasteiger partial charge in [0.25, 0.3) is 11.7 Å². The Kier molecular flexibility index (Phi) is 15.0. The molecule has 2 fully saturated rings. The molecule has 3 aliphatic rings. The fourth-order valence-electron chi connectivity index (χ4n) is 8.08. The van der Waals surface area contributed by atoms with Crippen molar-refractivity contribution < 1.29 is 48.3 Å². The summed E-state index contributed by atoms with van der Waals surface area (Å²) in [4.78, 5) is 57.2. The summed E-state index contributed by atoms with van der Waals surface area (Å²) in [6.07, 6.45) is 3.03. The van der Waals surface area contributed by atoms with Crippen molar-refractivity contribution in [3.8, 4) is 0 Å². The molecule has 290 valence electrons. The number of hydrogen-bond acceptors (Lipinski definition) is 11. The van der Waals surface area contributed by atoms with E-state index in [-0.39, 0.29) is 37.5 Å². The predicted octanol–water partition coefficient (Wildman–Crippen LogP) is 5.52. The molecule has 11 nitrogen and oxygen atoms in total. The molecule has 52 heavy (non-hydrogen) atoms. The molecule has 2 bridgehead atoms. The molecule has 0 saturated carbocycles. The number of thiophene rings is 1. The lowest BCUT2D eigenvalue weighted by Gasteiger charge is -2.47. The molecule has 12 heteroatoms. The van der Waals surface area contributed by atoms with Crippen LogP contribution in [0, 0.1) is 23.7 Å². The molecule has 1 aromatic rings. The highest BCUT2D eigenvalue weighted by molar-refractivity contribution is 7.08. The highest BCUT2D eigenvalue weighted by atomic mass is 32.1. The topological polar surface area (TPSA) is 149 Å². The summed E-state index contributed by atoms with van der Waals surface area (Å²) in [5.41, 5.74) is 2.57. The second-order valence-electron chi connectivity index (χ2n) is 15.3. The van der Waals surface area contributed by atoms with Crippen LogP contribution in [0.15, 0.2) is 34.0 Å². The summed E-state index contributed by atoms with van der Waals surface area (Å²) in [7, 11) is 3.07. The Morgan fingerprint density at radius 1 is 1.08 bits per heavy atom. The SMILES string of the molecule is CC[C@@H]1/C=C(\C)C[C@H](C)C[C@H](OC)[C@H]2O[C@@](O)(C(=O)C(=O)N3CCCC[C@H]3C(=O)O[C@H](/C(C)=C/c3ccsc3)[C@H](C)[C@@H](O)CC1=O)[C@H](C)C[C@@H]2OC. The van der Waals surface area contributed by atoms with Crippen molar-refractivity contribution in [1.29, 1.82) is 0 Å². The molecule has 1 aromatic heterocycles. The zero-order chi connectivity index (χ0) is 38.3. The van der Waals surface area contributed by atoms with Gasteiger partial charge in [-0.2, -0.15) is 11.3 Å². The van der Waals surface area contributed by atoms with Crippen LogP contribution in [0.2, 0.25) is 0 Å². The second kappa shape index (κ2) is 18.5.